The van der Waals surface area contributed by atoms with Gasteiger partial charge in [-0.3, -0.25) is 4.79 Å². The van der Waals surface area contributed by atoms with E-state index in [0.717, 1.165) is 12.3 Å². The lowest BCUT2D eigenvalue weighted by Crippen LogP contribution is -2.42. The predicted molar refractivity (Wildman–Crippen MR) is 98.2 cm³/mol. The second-order valence-electron chi connectivity index (χ2n) is 6.75. The Hall–Kier alpha value is -1.09. The third kappa shape index (κ3) is 3.72. The number of fused-ring (bicyclic) bond motifs is 1. The Kier molecular flexibility index (Phi) is 5.43. The van der Waals surface area contributed by atoms with Gasteiger partial charge in [0.15, 0.2) is 0 Å². The number of carbonyl (C=O) groups is 1. The number of hydrogen-bond donors (Lipinski definition) is 1. The van der Waals surface area contributed by atoms with Crippen LogP contribution in [0.1, 0.15) is 6.92 Å². The third-order valence-corrected chi connectivity index (χ3v) is 8.04. The standard InChI is InChI=1S/C17H24N2O4S2/c1-2-25(22,23)19-11-14-10-18(12-17(14,13-19)16(20)21)8-9-24-15-6-4-3-5-7-15/h3-7,14H,2,8-13H2,1H3,(H,20,21)/t14-,17-/m0/s1. The maximum absolute atomic E-state index is 12.1. The van der Waals surface area contributed by atoms with E-state index in [2.05, 4.69) is 17.0 Å². The molecule has 0 saturated carbocycles. The van der Waals surface area contributed by atoms with Crippen molar-refractivity contribution >= 4 is 27.8 Å². The summed E-state index contributed by atoms with van der Waals surface area (Å²) < 4.78 is 25.6. The number of nitrogens with zero attached hydrogens (tertiary/aromatic N) is 2. The number of sulfonamides is 1. The highest BCUT2D eigenvalue weighted by Gasteiger charge is 2.59. The highest BCUT2D eigenvalue weighted by molar-refractivity contribution is 7.99. The second-order valence-corrected chi connectivity index (χ2v) is 10.2. The van der Waals surface area contributed by atoms with Crippen molar-refractivity contribution in [3.05, 3.63) is 30.3 Å². The number of likely N-dealkylation sites (tertiary alicyclic amines) is 1. The molecule has 2 aliphatic heterocycles. The van der Waals surface area contributed by atoms with Crippen molar-refractivity contribution in [1.82, 2.24) is 9.21 Å². The Balaban J connectivity index is 1.61. The first-order valence-corrected chi connectivity index (χ1v) is 11.1. The van der Waals surface area contributed by atoms with Gasteiger partial charge in [0.05, 0.1) is 11.2 Å². The molecule has 1 N–H and O–H groups in total. The van der Waals surface area contributed by atoms with Crippen LogP contribution in [-0.4, -0.2) is 72.9 Å². The van der Waals surface area contributed by atoms with Gasteiger partial charge in [-0.25, -0.2) is 12.7 Å². The Morgan fingerprint density at radius 1 is 1.28 bits per heavy atom. The minimum atomic E-state index is -3.33. The molecule has 0 unspecified atom stereocenters. The monoisotopic (exact) mass is 384 g/mol. The fourth-order valence-electron chi connectivity index (χ4n) is 3.80. The van der Waals surface area contributed by atoms with E-state index in [1.54, 1.807) is 18.7 Å². The SMILES string of the molecule is CCS(=O)(=O)N1C[C@@H]2CN(CCSc3ccccc3)C[C@]2(C(=O)O)C1. The molecule has 2 fully saturated rings. The minimum absolute atomic E-state index is 0.0207. The molecule has 0 radical (unpaired) electrons. The van der Waals surface area contributed by atoms with Crippen molar-refractivity contribution in [2.45, 2.75) is 11.8 Å². The summed E-state index contributed by atoms with van der Waals surface area (Å²) in [6.45, 7) is 3.92. The minimum Gasteiger partial charge on any atom is -0.481 e. The van der Waals surface area contributed by atoms with Crippen LogP contribution in [0.4, 0.5) is 0 Å². The summed E-state index contributed by atoms with van der Waals surface area (Å²) in [7, 11) is -3.33. The average Bonchev–Trinajstić information content (AvgIpc) is 3.11. The number of aliphatic carboxylic acids is 1. The van der Waals surface area contributed by atoms with Crippen molar-refractivity contribution < 1.29 is 18.3 Å². The number of carboxylic acid groups (broad SMARTS) is 1. The summed E-state index contributed by atoms with van der Waals surface area (Å²) in [5.41, 5.74) is -0.959. The van der Waals surface area contributed by atoms with Crippen molar-refractivity contribution in [1.29, 1.82) is 0 Å². The molecular weight excluding hydrogens is 360 g/mol. The number of benzene rings is 1. The Labute approximate surface area is 153 Å². The Morgan fingerprint density at radius 2 is 2.00 bits per heavy atom. The zero-order chi connectivity index (χ0) is 18.1. The van der Waals surface area contributed by atoms with E-state index in [1.807, 2.05) is 18.2 Å². The van der Waals surface area contributed by atoms with Crippen LogP contribution in [0.5, 0.6) is 0 Å². The van der Waals surface area contributed by atoms with Crippen LogP contribution in [0.2, 0.25) is 0 Å². The van der Waals surface area contributed by atoms with Crippen LogP contribution >= 0.6 is 11.8 Å². The van der Waals surface area contributed by atoms with Crippen molar-refractivity contribution in [3.63, 3.8) is 0 Å². The van der Waals surface area contributed by atoms with Crippen LogP contribution in [0.3, 0.4) is 0 Å². The van der Waals surface area contributed by atoms with E-state index < -0.39 is 21.4 Å². The van der Waals surface area contributed by atoms with E-state index >= 15 is 0 Å². The number of rotatable bonds is 7. The highest BCUT2D eigenvalue weighted by atomic mass is 32.2. The normalized spacial score (nSPS) is 27.5. The zero-order valence-corrected chi connectivity index (χ0v) is 15.9. The number of hydrogen-bond acceptors (Lipinski definition) is 5. The molecule has 2 atom stereocenters. The van der Waals surface area contributed by atoms with E-state index in [1.165, 1.54) is 9.20 Å². The molecule has 2 heterocycles. The first-order valence-electron chi connectivity index (χ1n) is 8.49. The van der Waals surface area contributed by atoms with E-state index in [0.29, 0.717) is 19.6 Å². The molecule has 1 aromatic rings. The van der Waals surface area contributed by atoms with Crippen LogP contribution in [0.25, 0.3) is 0 Å². The summed E-state index contributed by atoms with van der Waals surface area (Å²) >= 11 is 1.76. The van der Waals surface area contributed by atoms with Crippen LogP contribution in [0.15, 0.2) is 35.2 Å². The molecule has 0 bridgehead atoms. The van der Waals surface area contributed by atoms with Crippen LogP contribution in [0, 0.1) is 11.3 Å². The third-order valence-electron chi connectivity index (χ3n) is 5.25. The average molecular weight is 385 g/mol. The van der Waals surface area contributed by atoms with Crippen LogP contribution in [-0.2, 0) is 14.8 Å². The van der Waals surface area contributed by atoms with Gasteiger partial charge in [0.25, 0.3) is 0 Å². The largest absolute Gasteiger partial charge is 0.481 e. The fraction of sp³-hybridized carbons (Fsp3) is 0.588. The highest BCUT2D eigenvalue weighted by Crippen LogP contribution is 2.43. The molecule has 8 heteroatoms. The van der Waals surface area contributed by atoms with Gasteiger partial charge in [0, 0.05) is 49.3 Å². The Bertz CT molecular complexity index is 725. The molecule has 0 aromatic heterocycles. The van der Waals surface area contributed by atoms with Gasteiger partial charge in [-0.1, -0.05) is 18.2 Å². The molecule has 2 aliphatic rings. The topological polar surface area (TPSA) is 77.9 Å². The van der Waals surface area contributed by atoms with E-state index in [-0.39, 0.29) is 18.2 Å². The maximum Gasteiger partial charge on any atom is 0.312 e. The molecule has 6 nitrogen and oxygen atoms in total. The summed E-state index contributed by atoms with van der Waals surface area (Å²) in [5.74, 6) is -0.0893. The van der Waals surface area contributed by atoms with E-state index in [9.17, 15) is 18.3 Å². The lowest BCUT2D eigenvalue weighted by molar-refractivity contribution is -0.148. The second kappa shape index (κ2) is 7.26. The molecule has 1 aromatic carbocycles. The lowest BCUT2D eigenvalue weighted by Gasteiger charge is -2.25. The zero-order valence-electron chi connectivity index (χ0n) is 14.3. The van der Waals surface area contributed by atoms with E-state index in [4.69, 9.17) is 0 Å². The molecule has 138 valence electrons. The molecule has 0 amide bonds. The van der Waals surface area contributed by atoms with Crippen molar-refractivity contribution in [2.75, 3.05) is 44.2 Å². The molecule has 25 heavy (non-hydrogen) atoms. The summed E-state index contributed by atoms with van der Waals surface area (Å²) in [6, 6.07) is 10.1. The van der Waals surface area contributed by atoms with Crippen LogP contribution < -0.4 is 0 Å². The predicted octanol–water partition coefficient (Wildman–Crippen LogP) is 1.45. The maximum atomic E-state index is 12.1. The summed E-state index contributed by atoms with van der Waals surface area (Å²) in [6.07, 6.45) is 0. The molecule has 3 rings (SSSR count). The van der Waals surface area contributed by atoms with Gasteiger partial charge in [0.2, 0.25) is 10.0 Å². The molecule has 2 saturated heterocycles. The van der Waals surface area contributed by atoms with Crippen molar-refractivity contribution in [3.8, 4) is 0 Å². The van der Waals surface area contributed by atoms with Gasteiger partial charge in [-0.05, 0) is 19.1 Å². The van der Waals surface area contributed by atoms with Crippen molar-refractivity contribution in [2.24, 2.45) is 11.3 Å². The van der Waals surface area contributed by atoms with Gasteiger partial charge in [0.1, 0.15) is 0 Å². The van der Waals surface area contributed by atoms with Gasteiger partial charge < -0.3 is 10.0 Å². The first-order chi connectivity index (χ1) is 11.9. The fourth-order valence-corrected chi connectivity index (χ4v) is 5.93. The number of carboxylic acids is 1. The van der Waals surface area contributed by atoms with Gasteiger partial charge in [-0.2, -0.15) is 0 Å². The number of thioether (sulfide) groups is 1. The lowest BCUT2D eigenvalue weighted by atomic mass is 9.81. The molecule has 0 aliphatic carbocycles. The Morgan fingerprint density at radius 3 is 2.60 bits per heavy atom. The molecular formula is C17H24N2O4S2. The summed E-state index contributed by atoms with van der Waals surface area (Å²) in [5, 5.41) is 9.80. The van der Waals surface area contributed by atoms with Gasteiger partial charge in [-0.15, -0.1) is 11.8 Å². The van der Waals surface area contributed by atoms with Gasteiger partial charge >= 0.3 is 5.97 Å². The quantitative estimate of drug-likeness (QED) is 0.717. The summed E-state index contributed by atoms with van der Waals surface area (Å²) in [4.78, 5) is 15.3. The first kappa shape index (κ1) is 18.7. The smallest absolute Gasteiger partial charge is 0.312 e. The molecule has 0 spiro atoms.